The molecule has 0 aliphatic heterocycles. The minimum atomic E-state index is -3.37. The molecule has 0 bridgehead atoms. The van der Waals surface area contributed by atoms with Crippen molar-refractivity contribution in [2.45, 2.75) is 0 Å². The lowest BCUT2D eigenvalue weighted by molar-refractivity contribution is 0.324. The molecule has 0 atom stereocenters. The highest BCUT2D eigenvalue weighted by Crippen LogP contribution is 2.41. The summed E-state index contributed by atoms with van der Waals surface area (Å²) in [5.74, 6) is 1.90. The van der Waals surface area contributed by atoms with Gasteiger partial charge < -0.3 is 19.5 Å². The van der Waals surface area contributed by atoms with Crippen LogP contribution in [0.2, 0.25) is 0 Å². The van der Waals surface area contributed by atoms with Gasteiger partial charge in [0.25, 0.3) is 0 Å². The van der Waals surface area contributed by atoms with E-state index in [1.165, 1.54) is 28.9 Å². The largest absolute Gasteiger partial charge is 0.493 e. The summed E-state index contributed by atoms with van der Waals surface area (Å²) in [5.41, 5.74) is 3.75. The number of aromatic nitrogens is 2. The Balaban J connectivity index is 1.72. The number of ether oxygens (including phenoxy) is 3. The molecule has 0 saturated heterocycles. The third kappa shape index (κ3) is 4.57. The van der Waals surface area contributed by atoms with Crippen molar-refractivity contribution >= 4 is 48.9 Å². The van der Waals surface area contributed by atoms with E-state index in [1.807, 2.05) is 23.6 Å². The Labute approximate surface area is 202 Å². The molecule has 178 valence electrons. The zero-order chi connectivity index (χ0) is 24.5. The van der Waals surface area contributed by atoms with E-state index in [-0.39, 0.29) is 0 Å². The van der Waals surface area contributed by atoms with Crippen LogP contribution < -0.4 is 23.8 Å². The fraction of sp³-hybridized carbons (Fsp3) is 0.217. The lowest BCUT2D eigenvalue weighted by atomic mass is 10.1. The normalized spacial score (nSPS) is 11.3. The molecule has 2 aromatic carbocycles. The molecule has 0 amide bonds. The number of benzene rings is 2. The minimum absolute atomic E-state index is 0.394. The standard InChI is InChI=1S/C23H24N4O5S2/c1-27(34(5,28)29)16-8-6-7-14(9-16)17-13-33-20-12-24-23(26-21(17)20)25-15-10-18(30-2)22(32-4)19(11-15)31-3/h6-13H,1-5H3,(H,24,25,26). The topological polar surface area (TPSA) is 103 Å². The molecule has 4 rings (SSSR count). The number of methoxy groups -OCH3 is 3. The Morgan fingerprint density at radius 2 is 1.74 bits per heavy atom. The van der Waals surface area contributed by atoms with Crippen molar-refractivity contribution < 1.29 is 22.6 Å². The van der Waals surface area contributed by atoms with Crippen LogP contribution in [-0.4, -0.2) is 53.0 Å². The molecule has 0 spiro atoms. The predicted molar refractivity (Wildman–Crippen MR) is 135 cm³/mol. The number of nitrogens with one attached hydrogen (secondary N) is 1. The highest BCUT2D eigenvalue weighted by atomic mass is 32.2. The van der Waals surface area contributed by atoms with Crippen LogP contribution in [0.5, 0.6) is 17.2 Å². The van der Waals surface area contributed by atoms with Crippen molar-refractivity contribution in [1.82, 2.24) is 9.97 Å². The van der Waals surface area contributed by atoms with E-state index in [1.54, 1.807) is 45.7 Å². The van der Waals surface area contributed by atoms with Crippen LogP contribution in [0.15, 0.2) is 48.0 Å². The quantitative estimate of drug-likeness (QED) is 0.377. The van der Waals surface area contributed by atoms with Crippen LogP contribution in [0.1, 0.15) is 0 Å². The van der Waals surface area contributed by atoms with Crippen molar-refractivity contribution in [1.29, 1.82) is 0 Å². The van der Waals surface area contributed by atoms with Gasteiger partial charge in [0.1, 0.15) is 0 Å². The number of hydrogen-bond donors (Lipinski definition) is 1. The van der Waals surface area contributed by atoms with E-state index in [9.17, 15) is 8.42 Å². The Bertz CT molecular complexity index is 1430. The molecular formula is C23H24N4O5S2. The van der Waals surface area contributed by atoms with Gasteiger partial charge in [-0.15, -0.1) is 11.3 Å². The van der Waals surface area contributed by atoms with Crippen molar-refractivity contribution in [2.24, 2.45) is 0 Å². The van der Waals surface area contributed by atoms with Gasteiger partial charge in [0, 0.05) is 35.8 Å². The van der Waals surface area contributed by atoms with E-state index in [4.69, 9.17) is 19.2 Å². The van der Waals surface area contributed by atoms with Crippen LogP contribution in [0.3, 0.4) is 0 Å². The highest BCUT2D eigenvalue weighted by Gasteiger charge is 2.16. The summed E-state index contributed by atoms with van der Waals surface area (Å²) in [6.07, 6.45) is 2.93. The molecule has 0 saturated carbocycles. The maximum atomic E-state index is 12.0. The first-order chi connectivity index (χ1) is 16.2. The van der Waals surface area contributed by atoms with Crippen LogP contribution in [0.25, 0.3) is 21.3 Å². The summed E-state index contributed by atoms with van der Waals surface area (Å²) >= 11 is 1.52. The molecule has 34 heavy (non-hydrogen) atoms. The zero-order valence-corrected chi connectivity index (χ0v) is 21.0. The summed E-state index contributed by atoms with van der Waals surface area (Å²) in [5, 5.41) is 5.18. The molecule has 1 N–H and O–H groups in total. The number of nitrogens with zero attached hydrogens (tertiary/aromatic N) is 3. The minimum Gasteiger partial charge on any atom is -0.493 e. The lowest BCUT2D eigenvalue weighted by Crippen LogP contribution is -2.24. The number of anilines is 3. The van der Waals surface area contributed by atoms with Gasteiger partial charge in [-0.2, -0.15) is 0 Å². The number of sulfonamides is 1. The average molecular weight is 501 g/mol. The Morgan fingerprint density at radius 3 is 2.35 bits per heavy atom. The molecule has 11 heteroatoms. The summed E-state index contributed by atoms with van der Waals surface area (Å²) in [6, 6.07) is 10.9. The maximum Gasteiger partial charge on any atom is 0.231 e. The van der Waals surface area contributed by atoms with Gasteiger partial charge in [-0.1, -0.05) is 12.1 Å². The Hall–Kier alpha value is -3.57. The number of rotatable bonds is 8. The van der Waals surface area contributed by atoms with Gasteiger partial charge in [0.05, 0.1) is 49.7 Å². The molecule has 0 aliphatic carbocycles. The summed E-state index contributed by atoms with van der Waals surface area (Å²) in [7, 11) is 2.81. The molecule has 4 aromatic rings. The average Bonchev–Trinajstić information content (AvgIpc) is 3.25. The van der Waals surface area contributed by atoms with Gasteiger partial charge in [-0.25, -0.2) is 18.4 Å². The fourth-order valence-electron chi connectivity index (χ4n) is 3.44. The SMILES string of the molecule is COc1cc(Nc2ncc3scc(-c4cccc(N(C)S(C)(=O)=O)c4)c3n2)cc(OC)c1OC. The smallest absolute Gasteiger partial charge is 0.231 e. The molecule has 0 unspecified atom stereocenters. The van der Waals surface area contributed by atoms with Gasteiger partial charge in [-0.3, -0.25) is 4.31 Å². The molecular weight excluding hydrogens is 476 g/mol. The van der Waals surface area contributed by atoms with E-state index >= 15 is 0 Å². The second-order valence-electron chi connectivity index (χ2n) is 7.38. The first kappa shape index (κ1) is 23.6. The number of thiophene rings is 1. The highest BCUT2D eigenvalue weighted by molar-refractivity contribution is 7.92. The molecule has 0 fully saturated rings. The summed E-state index contributed by atoms with van der Waals surface area (Å²) in [4.78, 5) is 9.16. The van der Waals surface area contributed by atoms with Gasteiger partial charge >= 0.3 is 0 Å². The van der Waals surface area contributed by atoms with Gasteiger partial charge in [-0.05, 0) is 17.7 Å². The molecule has 2 aromatic heterocycles. The second-order valence-corrected chi connectivity index (χ2v) is 10.3. The third-order valence-corrected chi connectivity index (χ3v) is 7.37. The summed E-state index contributed by atoms with van der Waals surface area (Å²) < 4.78 is 42.3. The third-order valence-electron chi connectivity index (χ3n) is 5.25. The van der Waals surface area contributed by atoms with Crippen LogP contribution in [0.4, 0.5) is 17.3 Å². The predicted octanol–water partition coefficient (Wildman–Crippen LogP) is 4.52. The first-order valence-electron chi connectivity index (χ1n) is 10.1. The van der Waals surface area contributed by atoms with Crippen molar-refractivity contribution in [3.63, 3.8) is 0 Å². The summed E-state index contributed by atoms with van der Waals surface area (Å²) in [6.45, 7) is 0. The fourth-order valence-corrected chi connectivity index (χ4v) is 4.81. The van der Waals surface area contributed by atoms with Crippen LogP contribution >= 0.6 is 11.3 Å². The monoisotopic (exact) mass is 500 g/mol. The van der Waals surface area contributed by atoms with Gasteiger partial charge in [0.15, 0.2) is 11.5 Å². The lowest BCUT2D eigenvalue weighted by Gasteiger charge is -2.17. The van der Waals surface area contributed by atoms with E-state index < -0.39 is 10.0 Å². The number of fused-ring (bicyclic) bond motifs is 1. The van der Waals surface area contributed by atoms with Crippen LogP contribution in [-0.2, 0) is 10.0 Å². The number of hydrogen-bond acceptors (Lipinski definition) is 9. The van der Waals surface area contributed by atoms with Crippen LogP contribution in [0, 0.1) is 0 Å². The molecule has 9 nitrogen and oxygen atoms in total. The Morgan fingerprint density at radius 1 is 1.03 bits per heavy atom. The zero-order valence-electron chi connectivity index (χ0n) is 19.3. The van der Waals surface area contributed by atoms with Crippen molar-refractivity contribution in [2.75, 3.05) is 44.3 Å². The first-order valence-corrected chi connectivity index (χ1v) is 12.8. The van der Waals surface area contributed by atoms with E-state index in [0.717, 1.165) is 21.3 Å². The molecule has 0 aliphatic rings. The molecule has 0 radical (unpaired) electrons. The van der Waals surface area contributed by atoms with E-state index in [2.05, 4.69) is 10.3 Å². The van der Waals surface area contributed by atoms with Crippen molar-refractivity contribution in [3.05, 3.63) is 48.0 Å². The maximum absolute atomic E-state index is 12.0. The molecule has 2 heterocycles. The van der Waals surface area contributed by atoms with E-state index in [0.29, 0.717) is 34.6 Å². The second kappa shape index (κ2) is 9.35. The van der Waals surface area contributed by atoms with Crippen molar-refractivity contribution in [3.8, 4) is 28.4 Å². The Kier molecular flexibility index (Phi) is 6.49. The van der Waals surface area contributed by atoms with Gasteiger partial charge in [0.2, 0.25) is 21.7 Å².